The van der Waals surface area contributed by atoms with Crippen molar-refractivity contribution in [1.29, 1.82) is 0 Å². The van der Waals surface area contributed by atoms with Crippen LogP contribution in [0.2, 0.25) is 0 Å². The first kappa shape index (κ1) is 24.0. The third-order valence-electron chi connectivity index (χ3n) is 6.39. The van der Waals surface area contributed by atoms with E-state index in [0.29, 0.717) is 23.1 Å². The predicted molar refractivity (Wildman–Crippen MR) is 141 cm³/mol. The first-order chi connectivity index (χ1) is 18.0. The molecule has 0 fully saturated rings. The first-order valence-electron chi connectivity index (χ1n) is 12.0. The molecule has 0 unspecified atom stereocenters. The van der Waals surface area contributed by atoms with Crippen molar-refractivity contribution in [2.45, 2.75) is 13.0 Å². The van der Waals surface area contributed by atoms with Crippen LogP contribution in [0.3, 0.4) is 0 Å². The summed E-state index contributed by atoms with van der Waals surface area (Å²) in [6.45, 7) is 0.484. The molecule has 6 nitrogen and oxygen atoms in total. The first-order valence-corrected chi connectivity index (χ1v) is 12.0. The number of benzene rings is 4. The van der Waals surface area contributed by atoms with E-state index >= 15 is 0 Å². The van der Waals surface area contributed by atoms with Gasteiger partial charge in [-0.15, -0.1) is 0 Å². The van der Waals surface area contributed by atoms with Gasteiger partial charge in [0.2, 0.25) is 0 Å². The summed E-state index contributed by atoms with van der Waals surface area (Å²) in [5, 5.41) is 2.06. The van der Waals surface area contributed by atoms with Crippen LogP contribution in [-0.4, -0.2) is 36.4 Å². The van der Waals surface area contributed by atoms with Crippen LogP contribution in [0.1, 0.15) is 38.3 Å². The van der Waals surface area contributed by atoms with Gasteiger partial charge in [0.15, 0.2) is 0 Å². The highest BCUT2D eigenvalue weighted by Crippen LogP contribution is 2.28. The van der Waals surface area contributed by atoms with Gasteiger partial charge in [-0.3, -0.25) is 14.5 Å². The van der Waals surface area contributed by atoms with E-state index in [9.17, 15) is 14.4 Å². The predicted octanol–water partition coefficient (Wildman–Crippen LogP) is 5.66. The van der Waals surface area contributed by atoms with Crippen molar-refractivity contribution in [3.8, 4) is 5.75 Å². The van der Waals surface area contributed by atoms with Crippen LogP contribution in [-0.2, 0) is 16.1 Å². The molecule has 1 aliphatic rings. The molecular formula is C31H25NO5. The fraction of sp³-hybridized carbons (Fsp3) is 0.129. The molecule has 2 amide bonds. The molecule has 0 saturated carbocycles. The largest absolute Gasteiger partial charge is 0.493 e. The average Bonchev–Trinajstić information content (AvgIpc) is 3.28. The molecule has 1 heterocycles. The molecule has 6 heteroatoms. The Morgan fingerprint density at radius 3 is 2.41 bits per heavy atom. The van der Waals surface area contributed by atoms with E-state index in [4.69, 9.17) is 9.47 Å². The standard InChI is InChI=1S/C31H25NO5/c1-36-31(35)23-15-13-21(14-16-23)19-24(29(33)32-20-25-8-3-5-11-27(25)30(32)34)17-18-37-28-12-6-9-22-7-2-4-10-26(22)28/h2-16,19H,17-18,20H2,1H3. The van der Waals surface area contributed by atoms with Crippen molar-refractivity contribution < 1.29 is 23.9 Å². The van der Waals surface area contributed by atoms with E-state index in [2.05, 4.69) is 0 Å². The van der Waals surface area contributed by atoms with E-state index < -0.39 is 5.97 Å². The van der Waals surface area contributed by atoms with E-state index in [1.165, 1.54) is 12.0 Å². The lowest BCUT2D eigenvalue weighted by atomic mass is 10.1. The Hall–Kier alpha value is -4.71. The second-order valence-electron chi connectivity index (χ2n) is 8.71. The summed E-state index contributed by atoms with van der Waals surface area (Å²) in [6, 6.07) is 27.8. The molecule has 1 aliphatic heterocycles. The van der Waals surface area contributed by atoms with E-state index in [-0.39, 0.29) is 25.0 Å². The fourth-order valence-electron chi connectivity index (χ4n) is 4.46. The summed E-state index contributed by atoms with van der Waals surface area (Å²) < 4.78 is 10.9. The zero-order valence-corrected chi connectivity index (χ0v) is 20.3. The lowest BCUT2D eigenvalue weighted by Gasteiger charge is -2.17. The normalized spacial score (nSPS) is 12.9. The van der Waals surface area contributed by atoms with Crippen LogP contribution in [0.4, 0.5) is 0 Å². The highest BCUT2D eigenvalue weighted by Gasteiger charge is 2.33. The second-order valence-corrected chi connectivity index (χ2v) is 8.71. The molecule has 0 aliphatic carbocycles. The van der Waals surface area contributed by atoms with Crippen LogP contribution in [0.15, 0.2) is 96.6 Å². The third-order valence-corrected chi connectivity index (χ3v) is 6.39. The summed E-state index contributed by atoms with van der Waals surface area (Å²) in [7, 11) is 1.33. The summed E-state index contributed by atoms with van der Waals surface area (Å²) in [4.78, 5) is 39.7. The molecule has 184 valence electrons. The molecule has 0 saturated heterocycles. The maximum absolute atomic E-state index is 13.6. The molecule has 0 N–H and O–H groups in total. The fourth-order valence-corrected chi connectivity index (χ4v) is 4.46. The third kappa shape index (κ3) is 5.00. The molecule has 4 aromatic rings. The summed E-state index contributed by atoms with van der Waals surface area (Å²) in [6.07, 6.45) is 2.03. The number of methoxy groups -OCH3 is 1. The lowest BCUT2D eigenvalue weighted by molar-refractivity contribution is -0.125. The number of hydrogen-bond donors (Lipinski definition) is 0. The second kappa shape index (κ2) is 10.5. The number of rotatable bonds is 7. The SMILES string of the molecule is COC(=O)c1ccc(C=C(CCOc2cccc3ccccc23)C(=O)N2Cc3ccccc3C2=O)cc1. The van der Waals surface area contributed by atoms with Crippen molar-refractivity contribution in [1.82, 2.24) is 4.90 Å². The van der Waals surface area contributed by atoms with E-state index in [0.717, 1.165) is 27.6 Å². The minimum Gasteiger partial charge on any atom is -0.493 e. The monoisotopic (exact) mass is 491 g/mol. The summed E-state index contributed by atoms with van der Waals surface area (Å²) in [5.41, 5.74) is 2.95. The van der Waals surface area contributed by atoms with Crippen LogP contribution in [0.25, 0.3) is 16.8 Å². The van der Waals surface area contributed by atoms with Crippen LogP contribution >= 0.6 is 0 Å². The quantitative estimate of drug-likeness (QED) is 0.246. The highest BCUT2D eigenvalue weighted by molar-refractivity contribution is 6.13. The topological polar surface area (TPSA) is 72.9 Å². The van der Waals surface area contributed by atoms with Gasteiger partial charge >= 0.3 is 5.97 Å². The van der Waals surface area contributed by atoms with Crippen LogP contribution < -0.4 is 4.74 Å². The molecule has 0 atom stereocenters. The van der Waals surface area contributed by atoms with E-state index in [1.807, 2.05) is 54.6 Å². The van der Waals surface area contributed by atoms with Crippen LogP contribution in [0, 0.1) is 0 Å². The minimum absolute atomic E-state index is 0.233. The number of imide groups is 1. The van der Waals surface area contributed by atoms with Gasteiger partial charge in [-0.1, -0.05) is 66.7 Å². The Morgan fingerprint density at radius 2 is 1.62 bits per heavy atom. The van der Waals surface area contributed by atoms with Gasteiger partial charge in [-0.2, -0.15) is 0 Å². The summed E-state index contributed by atoms with van der Waals surface area (Å²) in [5.74, 6) is -0.366. The molecule has 37 heavy (non-hydrogen) atoms. The van der Waals surface area contributed by atoms with Gasteiger partial charge in [0.25, 0.3) is 11.8 Å². The van der Waals surface area contributed by atoms with Gasteiger partial charge in [0.1, 0.15) is 5.75 Å². The number of nitrogens with zero attached hydrogens (tertiary/aromatic N) is 1. The number of esters is 1. The number of fused-ring (bicyclic) bond motifs is 2. The molecule has 0 spiro atoms. The maximum Gasteiger partial charge on any atom is 0.337 e. The van der Waals surface area contributed by atoms with Crippen molar-refractivity contribution in [3.05, 3.63) is 119 Å². The molecular weight excluding hydrogens is 466 g/mol. The number of amides is 2. The van der Waals surface area contributed by atoms with Gasteiger partial charge in [-0.05, 0) is 46.9 Å². The molecule has 4 aromatic carbocycles. The zero-order chi connectivity index (χ0) is 25.8. The Morgan fingerprint density at radius 1 is 0.892 bits per heavy atom. The van der Waals surface area contributed by atoms with Crippen LogP contribution in [0.5, 0.6) is 5.75 Å². The van der Waals surface area contributed by atoms with Crippen molar-refractivity contribution in [2.24, 2.45) is 0 Å². The van der Waals surface area contributed by atoms with Gasteiger partial charge in [0.05, 0.1) is 25.8 Å². The zero-order valence-electron chi connectivity index (χ0n) is 20.3. The molecule has 0 bridgehead atoms. The van der Waals surface area contributed by atoms with Gasteiger partial charge < -0.3 is 9.47 Å². The molecule has 5 rings (SSSR count). The number of carbonyl (C=O) groups is 3. The molecule has 0 aromatic heterocycles. The van der Waals surface area contributed by atoms with Gasteiger partial charge in [-0.25, -0.2) is 4.79 Å². The Labute approximate surface area is 214 Å². The summed E-state index contributed by atoms with van der Waals surface area (Å²) >= 11 is 0. The van der Waals surface area contributed by atoms with Crippen molar-refractivity contribution in [3.63, 3.8) is 0 Å². The lowest BCUT2D eigenvalue weighted by Crippen LogP contribution is -2.32. The maximum atomic E-state index is 13.6. The highest BCUT2D eigenvalue weighted by atomic mass is 16.5. The van der Waals surface area contributed by atoms with Crippen molar-refractivity contribution in [2.75, 3.05) is 13.7 Å². The Kier molecular flexibility index (Phi) is 6.81. The van der Waals surface area contributed by atoms with Gasteiger partial charge in [0, 0.05) is 22.9 Å². The Balaban J connectivity index is 1.40. The Bertz CT molecular complexity index is 1520. The number of ether oxygens (including phenoxy) is 2. The smallest absolute Gasteiger partial charge is 0.337 e. The number of carbonyl (C=O) groups excluding carboxylic acids is 3. The minimum atomic E-state index is -0.434. The number of hydrogen-bond acceptors (Lipinski definition) is 5. The average molecular weight is 492 g/mol. The molecule has 0 radical (unpaired) electrons. The van der Waals surface area contributed by atoms with E-state index in [1.54, 1.807) is 42.5 Å². The van der Waals surface area contributed by atoms with Crippen molar-refractivity contribution >= 4 is 34.6 Å².